The molecule has 0 aliphatic carbocycles. The number of hydrogen-bond acceptors (Lipinski definition) is 2. The van der Waals surface area contributed by atoms with Crippen LogP contribution in [-0.2, 0) is 13.1 Å². The second-order valence-electron chi connectivity index (χ2n) is 6.09. The summed E-state index contributed by atoms with van der Waals surface area (Å²) in [6.07, 6.45) is 0. The van der Waals surface area contributed by atoms with E-state index in [0.29, 0.717) is 6.54 Å². The fourth-order valence-electron chi connectivity index (χ4n) is 3.06. The van der Waals surface area contributed by atoms with Crippen LogP contribution in [0.25, 0.3) is 0 Å². The molecule has 0 N–H and O–H groups in total. The molecule has 0 fully saturated rings. The van der Waals surface area contributed by atoms with Gasteiger partial charge >= 0.3 is 0 Å². The monoisotopic (exact) mass is 279 g/mol. The molecule has 2 aromatic rings. The Balaban J connectivity index is 1.75. The number of carbonyl (C=O) groups is 1. The highest BCUT2D eigenvalue weighted by atomic mass is 16.1. The number of hydrogen-bond donors (Lipinski definition) is 0. The van der Waals surface area contributed by atoms with E-state index in [-0.39, 0.29) is 5.78 Å². The smallest absolute Gasteiger partial charge is 0.177 e. The molecule has 0 saturated carbocycles. The van der Waals surface area contributed by atoms with Gasteiger partial charge in [-0.2, -0.15) is 0 Å². The number of Topliss-reactive ketones (excluding diaryl/α,β-unsaturated/α-hetero) is 1. The van der Waals surface area contributed by atoms with Crippen LogP contribution >= 0.6 is 0 Å². The number of ketones is 1. The third kappa shape index (κ3) is 2.77. The van der Waals surface area contributed by atoms with Crippen molar-refractivity contribution >= 4 is 5.78 Å². The van der Waals surface area contributed by atoms with Crippen molar-refractivity contribution in [1.82, 2.24) is 4.90 Å². The second kappa shape index (κ2) is 5.45. The van der Waals surface area contributed by atoms with Crippen molar-refractivity contribution in [2.45, 2.75) is 33.9 Å². The van der Waals surface area contributed by atoms with Gasteiger partial charge in [-0.25, -0.2) is 0 Å². The summed E-state index contributed by atoms with van der Waals surface area (Å²) >= 11 is 0. The molecule has 0 unspecified atom stereocenters. The SMILES string of the molecule is Cc1cc(C)c(C(=O)CN2Cc3ccccc3C2)cc1C. The van der Waals surface area contributed by atoms with Gasteiger partial charge in [-0.1, -0.05) is 30.3 Å². The lowest BCUT2D eigenvalue weighted by atomic mass is 9.98. The highest BCUT2D eigenvalue weighted by molar-refractivity contribution is 5.99. The highest BCUT2D eigenvalue weighted by Gasteiger charge is 2.21. The molecular formula is C19H21NO. The summed E-state index contributed by atoms with van der Waals surface area (Å²) in [5, 5.41) is 0. The fraction of sp³-hybridized carbons (Fsp3) is 0.316. The van der Waals surface area contributed by atoms with E-state index in [4.69, 9.17) is 0 Å². The van der Waals surface area contributed by atoms with E-state index in [2.05, 4.69) is 49.1 Å². The topological polar surface area (TPSA) is 20.3 Å². The van der Waals surface area contributed by atoms with Gasteiger partial charge in [0.1, 0.15) is 0 Å². The van der Waals surface area contributed by atoms with Crippen LogP contribution in [0.15, 0.2) is 36.4 Å². The first kappa shape index (κ1) is 14.0. The summed E-state index contributed by atoms with van der Waals surface area (Å²) in [7, 11) is 0. The molecule has 1 heterocycles. The minimum Gasteiger partial charge on any atom is -0.293 e. The van der Waals surface area contributed by atoms with Crippen molar-refractivity contribution in [2.75, 3.05) is 6.54 Å². The standard InChI is InChI=1S/C19H21NO/c1-13-8-15(3)18(9-14(13)2)19(21)12-20-10-16-6-4-5-7-17(16)11-20/h4-9H,10-12H2,1-3H3. The lowest BCUT2D eigenvalue weighted by Gasteiger charge is -2.15. The molecule has 1 aliphatic rings. The average Bonchev–Trinajstić information content (AvgIpc) is 2.84. The quantitative estimate of drug-likeness (QED) is 0.796. The molecule has 21 heavy (non-hydrogen) atoms. The Bertz CT molecular complexity index is 678. The Hall–Kier alpha value is -1.93. The summed E-state index contributed by atoms with van der Waals surface area (Å²) in [6, 6.07) is 12.6. The predicted molar refractivity (Wildman–Crippen MR) is 85.5 cm³/mol. The Morgan fingerprint density at radius 3 is 2.14 bits per heavy atom. The van der Waals surface area contributed by atoms with E-state index in [1.165, 1.54) is 22.3 Å². The minimum atomic E-state index is 0.225. The van der Waals surface area contributed by atoms with E-state index in [1.807, 2.05) is 13.0 Å². The van der Waals surface area contributed by atoms with Crippen molar-refractivity contribution in [1.29, 1.82) is 0 Å². The molecule has 0 bridgehead atoms. The van der Waals surface area contributed by atoms with E-state index in [9.17, 15) is 4.79 Å². The fourth-order valence-corrected chi connectivity index (χ4v) is 3.06. The lowest BCUT2D eigenvalue weighted by molar-refractivity contribution is 0.0929. The normalized spacial score (nSPS) is 14.2. The largest absolute Gasteiger partial charge is 0.293 e. The number of fused-ring (bicyclic) bond motifs is 1. The Morgan fingerprint density at radius 1 is 0.952 bits per heavy atom. The average molecular weight is 279 g/mol. The molecule has 1 aliphatic heterocycles. The lowest BCUT2D eigenvalue weighted by Crippen LogP contribution is -2.25. The van der Waals surface area contributed by atoms with Gasteiger partial charge in [0.2, 0.25) is 0 Å². The first-order valence-corrected chi connectivity index (χ1v) is 7.45. The molecule has 3 rings (SSSR count). The zero-order chi connectivity index (χ0) is 15.0. The Labute approximate surface area is 126 Å². The minimum absolute atomic E-state index is 0.225. The molecule has 2 aromatic carbocycles. The van der Waals surface area contributed by atoms with E-state index >= 15 is 0 Å². The van der Waals surface area contributed by atoms with Gasteiger partial charge in [-0.3, -0.25) is 9.69 Å². The van der Waals surface area contributed by atoms with Gasteiger partial charge in [0.25, 0.3) is 0 Å². The zero-order valence-corrected chi connectivity index (χ0v) is 12.9. The van der Waals surface area contributed by atoms with E-state index in [0.717, 1.165) is 24.2 Å². The van der Waals surface area contributed by atoms with Gasteiger partial charge in [0.05, 0.1) is 6.54 Å². The maximum absolute atomic E-state index is 12.6. The molecule has 0 amide bonds. The van der Waals surface area contributed by atoms with E-state index in [1.54, 1.807) is 0 Å². The summed E-state index contributed by atoms with van der Waals surface area (Å²) in [5.74, 6) is 0.225. The highest BCUT2D eigenvalue weighted by Crippen LogP contribution is 2.23. The van der Waals surface area contributed by atoms with Crippen molar-refractivity contribution in [3.63, 3.8) is 0 Å². The van der Waals surface area contributed by atoms with Crippen molar-refractivity contribution in [2.24, 2.45) is 0 Å². The number of carbonyl (C=O) groups excluding carboxylic acids is 1. The molecule has 0 spiro atoms. The first-order chi connectivity index (χ1) is 10.0. The molecule has 0 saturated heterocycles. The van der Waals surface area contributed by atoms with Gasteiger partial charge in [0, 0.05) is 18.7 Å². The van der Waals surface area contributed by atoms with Gasteiger partial charge in [0.15, 0.2) is 5.78 Å². The molecule has 2 heteroatoms. The zero-order valence-electron chi connectivity index (χ0n) is 12.9. The van der Waals surface area contributed by atoms with Gasteiger partial charge in [-0.15, -0.1) is 0 Å². The molecule has 0 atom stereocenters. The summed E-state index contributed by atoms with van der Waals surface area (Å²) in [5.41, 5.74) is 7.09. The number of benzene rings is 2. The second-order valence-corrected chi connectivity index (χ2v) is 6.09. The maximum atomic E-state index is 12.6. The third-order valence-electron chi connectivity index (χ3n) is 4.41. The van der Waals surface area contributed by atoms with Crippen LogP contribution in [0.2, 0.25) is 0 Å². The number of rotatable bonds is 3. The van der Waals surface area contributed by atoms with Crippen molar-refractivity contribution in [3.05, 3.63) is 69.8 Å². The number of aryl methyl sites for hydroxylation is 3. The van der Waals surface area contributed by atoms with E-state index < -0.39 is 0 Å². The molecular weight excluding hydrogens is 258 g/mol. The van der Waals surface area contributed by atoms with Crippen LogP contribution in [0.3, 0.4) is 0 Å². The van der Waals surface area contributed by atoms with Crippen LogP contribution < -0.4 is 0 Å². The van der Waals surface area contributed by atoms with Crippen LogP contribution in [0, 0.1) is 20.8 Å². The van der Waals surface area contributed by atoms with Crippen molar-refractivity contribution in [3.8, 4) is 0 Å². The van der Waals surface area contributed by atoms with Crippen molar-refractivity contribution < 1.29 is 4.79 Å². The maximum Gasteiger partial charge on any atom is 0.177 e. The van der Waals surface area contributed by atoms with Crippen LogP contribution in [0.5, 0.6) is 0 Å². The predicted octanol–water partition coefficient (Wildman–Crippen LogP) is 3.81. The third-order valence-corrected chi connectivity index (χ3v) is 4.41. The van der Waals surface area contributed by atoms with Crippen LogP contribution in [0.4, 0.5) is 0 Å². The summed E-state index contributed by atoms with van der Waals surface area (Å²) in [4.78, 5) is 14.8. The summed E-state index contributed by atoms with van der Waals surface area (Å²) in [6.45, 7) is 8.44. The van der Waals surface area contributed by atoms with Crippen LogP contribution in [0.1, 0.15) is 38.2 Å². The molecule has 108 valence electrons. The Kier molecular flexibility index (Phi) is 3.64. The first-order valence-electron chi connectivity index (χ1n) is 7.45. The van der Waals surface area contributed by atoms with Gasteiger partial charge in [-0.05, 0) is 54.7 Å². The van der Waals surface area contributed by atoms with Gasteiger partial charge < -0.3 is 0 Å². The Morgan fingerprint density at radius 2 is 1.52 bits per heavy atom. The van der Waals surface area contributed by atoms with Crippen LogP contribution in [-0.4, -0.2) is 17.2 Å². The summed E-state index contributed by atoms with van der Waals surface area (Å²) < 4.78 is 0. The number of nitrogens with zero attached hydrogens (tertiary/aromatic N) is 1. The molecule has 0 aromatic heterocycles. The molecule has 0 radical (unpaired) electrons. The molecule has 2 nitrogen and oxygen atoms in total.